The standard InChI is InChI=1S/C13H23NO3/c1-3-9(2)12(13(16)17)14-11(15)8-10-6-4-5-7-10/h9-10,12H,3-8H2,1-2H3,(H,14,15)(H,16,17)/t9-,12-/m0/s1. The minimum Gasteiger partial charge on any atom is -0.480 e. The highest BCUT2D eigenvalue weighted by molar-refractivity contribution is 5.83. The number of amides is 1. The highest BCUT2D eigenvalue weighted by Crippen LogP contribution is 2.27. The van der Waals surface area contributed by atoms with Gasteiger partial charge in [0, 0.05) is 6.42 Å². The van der Waals surface area contributed by atoms with E-state index in [-0.39, 0.29) is 11.8 Å². The number of carboxylic acids is 1. The van der Waals surface area contributed by atoms with Gasteiger partial charge in [-0.25, -0.2) is 4.79 Å². The van der Waals surface area contributed by atoms with Crippen molar-refractivity contribution in [2.75, 3.05) is 0 Å². The van der Waals surface area contributed by atoms with Gasteiger partial charge in [0.1, 0.15) is 6.04 Å². The zero-order valence-electron chi connectivity index (χ0n) is 10.7. The van der Waals surface area contributed by atoms with Gasteiger partial charge >= 0.3 is 5.97 Å². The Kier molecular flexibility index (Phi) is 5.45. The predicted octanol–water partition coefficient (Wildman–Crippen LogP) is 2.18. The van der Waals surface area contributed by atoms with E-state index in [1.165, 1.54) is 12.8 Å². The van der Waals surface area contributed by atoms with Gasteiger partial charge in [-0.05, 0) is 24.7 Å². The fourth-order valence-corrected chi connectivity index (χ4v) is 2.39. The Labute approximate surface area is 103 Å². The van der Waals surface area contributed by atoms with E-state index in [2.05, 4.69) is 5.32 Å². The lowest BCUT2D eigenvalue weighted by molar-refractivity contribution is -0.143. The van der Waals surface area contributed by atoms with Gasteiger partial charge in [-0.3, -0.25) is 4.79 Å². The van der Waals surface area contributed by atoms with Crippen molar-refractivity contribution in [3.05, 3.63) is 0 Å². The molecule has 4 heteroatoms. The van der Waals surface area contributed by atoms with Crippen molar-refractivity contribution in [3.8, 4) is 0 Å². The van der Waals surface area contributed by atoms with Crippen LogP contribution in [0.15, 0.2) is 0 Å². The first-order chi connectivity index (χ1) is 8.04. The Morgan fingerprint density at radius 1 is 1.35 bits per heavy atom. The Balaban J connectivity index is 2.43. The average Bonchev–Trinajstić information content (AvgIpc) is 2.77. The first-order valence-corrected chi connectivity index (χ1v) is 6.56. The molecule has 0 unspecified atom stereocenters. The molecule has 2 atom stereocenters. The van der Waals surface area contributed by atoms with E-state index < -0.39 is 12.0 Å². The zero-order valence-corrected chi connectivity index (χ0v) is 10.7. The molecule has 0 saturated heterocycles. The topological polar surface area (TPSA) is 66.4 Å². The van der Waals surface area contributed by atoms with Crippen molar-refractivity contribution in [2.24, 2.45) is 11.8 Å². The molecule has 0 aliphatic heterocycles. The monoisotopic (exact) mass is 241 g/mol. The van der Waals surface area contributed by atoms with Crippen LogP contribution in [0, 0.1) is 11.8 Å². The first kappa shape index (κ1) is 14.0. The molecule has 1 aliphatic carbocycles. The lowest BCUT2D eigenvalue weighted by Crippen LogP contribution is -2.45. The molecule has 0 aromatic heterocycles. The van der Waals surface area contributed by atoms with Crippen molar-refractivity contribution in [2.45, 2.75) is 58.4 Å². The van der Waals surface area contributed by atoms with Crippen molar-refractivity contribution < 1.29 is 14.7 Å². The summed E-state index contributed by atoms with van der Waals surface area (Å²) in [5, 5.41) is 11.7. The minimum absolute atomic E-state index is 0.0278. The van der Waals surface area contributed by atoms with Crippen LogP contribution in [-0.4, -0.2) is 23.0 Å². The van der Waals surface area contributed by atoms with Crippen molar-refractivity contribution in [1.29, 1.82) is 0 Å². The van der Waals surface area contributed by atoms with E-state index in [9.17, 15) is 9.59 Å². The van der Waals surface area contributed by atoms with E-state index in [0.717, 1.165) is 19.3 Å². The van der Waals surface area contributed by atoms with E-state index >= 15 is 0 Å². The summed E-state index contributed by atoms with van der Waals surface area (Å²) in [6.45, 7) is 3.79. The normalized spacial score (nSPS) is 19.9. The molecule has 17 heavy (non-hydrogen) atoms. The van der Waals surface area contributed by atoms with Gasteiger partial charge in [-0.1, -0.05) is 33.1 Å². The lowest BCUT2D eigenvalue weighted by atomic mass is 9.98. The van der Waals surface area contributed by atoms with Crippen LogP contribution in [0.3, 0.4) is 0 Å². The zero-order chi connectivity index (χ0) is 12.8. The Morgan fingerprint density at radius 2 is 1.94 bits per heavy atom. The van der Waals surface area contributed by atoms with Crippen LogP contribution < -0.4 is 5.32 Å². The quantitative estimate of drug-likeness (QED) is 0.749. The molecule has 1 rings (SSSR count). The molecule has 0 radical (unpaired) electrons. The fraction of sp³-hybridized carbons (Fsp3) is 0.846. The van der Waals surface area contributed by atoms with Crippen LogP contribution in [-0.2, 0) is 9.59 Å². The van der Waals surface area contributed by atoms with E-state index in [0.29, 0.717) is 12.3 Å². The number of carbonyl (C=O) groups excluding carboxylic acids is 1. The molecule has 1 amide bonds. The number of hydrogen-bond acceptors (Lipinski definition) is 2. The molecule has 2 N–H and O–H groups in total. The van der Waals surface area contributed by atoms with Crippen LogP contribution in [0.4, 0.5) is 0 Å². The third-order valence-electron chi connectivity index (χ3n) is 3.74. The molecule has 98 valence electrons. The van der Waals surface area contributed by atoms with Gasteiger partial charge in [-0.15, -0.1) is 0 Å². The summed E-state index contributed by atoms with van der Waals surface area (Å²) in [6, 6.07) is -0.742. The molecule has 1 fully saturated rings. The fourth-order valence-electron chi connectivity index (χ4n) is 2.39. The summed E-state index contributed by atoms with van der Waals surface area (Å²) in [4.78, 5) is 22.8. The Bertz CT molecular complexity index is 272. The number of rotatable bonds is 6. The van der Waals surface area contributed by atoms with Crippen LogP contribution >= 0.6 is 0 Å². The highest BCUT2D eigenvalue weighted by Gasteiger charge is 2.26. The lowest BCUT2D eigenvalue weighted by Gasteiger charge is -2.21. The van der Waals surface area contributed by atoms with Crippen molar-refractivity contribution in [1.82, 2.24) is 5.32 Å². The second kappa shape index (κ2) is 6.62. The molecular formula is C13H23NO3. The Morgan fingerprint density at radius 3 is 2.41 bits per heavy atom. The number of carbonyl (C=O) groups is 2. The van der Waals surface area contributed by atoms with Crippen molar-refractivity contribution >= 4 is 11.9 Å². The average molecular weight is 241 g/mol. The third kappa shape index (κ3) is 4.36. The molecular weight excluding hydrogens is 218 g/mol. The maximum atomic E-state index is 11.8. The van der Waals surface area contributed by atoms with Crippen LogP contribution in [0.5, 0.6) is 0 Å². The van der Waals surface area contributed by atoms with Gasteiger partial charge < -0.3 is 10.4 Å². The molecule has 1 aliphatic rings. The van der Waals surface area contributed by atoms with Gasteiger partial charge in [0.25, 0.3) is 0 Å². The van der Waals surface area contributed by atoms with E-state index in [1.54, 1.807) is 0 Å². The molecule has 0 aromatic carbocycles. The summed E-state index contributed by atoms with van der Waals surface area (Å²) in [5.41, 5.74) is 0. The van der Waals surface area contributed by atoms with Gasteiger partial charge in [0.2, 0.25) is 5.91 Å². The summed E-state index contributed by atoms with van der Waals surface area (Å²) in [7, 11) is 0. The summed E-state index contributed by atoms with van der Waals surface area (Å²) < 4.78 is 0. The molecule has 0 spiro atoms. The molecule has 0 aromatic rings. The maximum Gasteiger partial charge on any atom is 0.326 e. The molecule has 4 nitrogen and oxygen atoms in total. The SMILES string of the molecule is CC[C@H](C)[C@H](NC(=O)CC1CCCC1)C(=O)O. The first-order valence-electron chi connectivity index (χ1n) is 6.56. The van der Waals surface area contributed by atoms with Gasteiger partial charge in [-0.2, -0.15) is 0 Å². The maximum absolute atomic E-state index is 11.8. The van der Waals surface area contributed by atoms with E-state index in [1.807, 2.05) is 13.8 Å². The number of hydrogen-bond donors (Lipinski definition) is 2. The molecule has 0 heterocycles. The smallest absolute Gasteiger partial charge is 0.326 e. The summed E-state index contributed by atoms with van der Waals surface area (Å²) >= 11 is 0. The van der Waals surface area contributed by atoms with Crippen LogP contribution in [0.1, 0.15) is 52.4 Å². The van der Waals surface area contributed by atoms with E-state index in [4.69, 9.17) is 5.11 Å². The summed E-state index contributed by atoms with van der Waals surface area (Å²) in [6.07, 6.45) is 5.85. The number of carboxylic acid groups (broad SMARTS) is 1. The number of nitrogens with one attached hydrogen (secondary N) is 1. The van der Waals surface area contributed by atoms with Gasteiger partial charge in [0.05, 0.1) is 0 Å². The Hall–Kier alpha value is -1.06. The second-order valence-electron chi connectivity index (χ2n) is 5.12. The van der Waals surface area contributed by atoms with Crippen molar-refractivity contribution in [3.63, 3.8) is 0 Å². The predicted molar refractivity (Wildman–Crippen MR) is 65.6 cm³/mol. The minimum atomic E-state index is -0.931. The molecule has 1 saturated carbocycles. The van der Waals surface area contributed by atoms with Gasteiger partial charge in [0.15, 0.2) is 0 Å². The third-order valence-corrected chi connectivity index (χ3v) is 3.74. The summed E-state index contributed by atoms with van der Waals surface area (Å²) in [5.74, 6) is -0.606. The highest BCUT2D eigenvalue weighted by atomic mass is 16.4. The largest absolute Gasteiger partial charge is 0.480 e. The van der Waals surface area contributed by atoms with Crippen LogP contribution in [0.2, 0.25) is 0 Å². The van der Waals surface area contributed by atoms with Crippen LogP contribution in [0.25, 0.3) is 0 Å². The number of aliphatic carboxylic acids is 1. The molecule has 0 bridgehead atoms. The second-order valence-corrected chi connectivity index (χ2v) is 5.12.